The molecular formula is C30H27NO4. The van der Waals surface area contributed by atoms with Crippen molar-refractivity contribution in [2.75, 3.05) is 11.5 Å². The third-order valence-corrected chi connectivity index (χ3v) is 5.73. The van der Waals surface area contributed by atoms with Gasteiger partial charge >= 0.3 is 5.97 Å². The van der Waals surface area contributed by atoms with Crippen LogP contribution in [0.15, 0.2) is 97.1 Å². The van der Waals surface area contributed by atoms with E-state index in [1.807, 2.05) is 60.7 Å². The summed E-state index contributed by atoms with van der Waals surface area (Å²) in [6, 6.07) is 29.7. The molecule has 0 aliphatic heterocycles. The lowest BCUT2D eigenvalue weighted by Crippen LogP contribution is -2.27. The first-order chi connectivity index (χ1) is 17.0. The number of aliphatic carboxylic acids is 1. The summed E-state index contributed by atoms with van der Waals surface area (Å²) in [5, 5.41) is 11.4. The molecule has 0 aromatic heterocycles. The van der Waals surface area contributed by atoms with E-state index in [1.165, 1.54) is 23.8 Å². The summed E-state index contributed by atoms with van der Waals surface area (Å²) in [4.78, 5) is 25.1. The molecule has 176 valence electrons. The van der Waals surface area contributed by atoms with E-state index in [4.69, 9.17) is 9.84 Å². The van der Waals surface area contributed by atoms with Crippen LogP contribution in [0.25, 0.3) is 16.8 Å². The summed E-state index contributed by atoms with van der Waals surface area (Å²) in [6.07, 6.45) is 3.33. The highest BCUT2D eigenvalue weighted by atomic mass is 16.5. The summed E-state index contributed by atoms with van der Waals surface area (Å²) in [5.74, 6) is -0.509. The van der Waals surface area contributed by atoms with Gasteiger partial charge in [0.2, 0.25) is 5.91 Å². The van der Waals surface area contributed by atoms with Crippen LogP contribution in [-0.4, -0.2) is 23.6 Å². The second-order valence-electron chi connectivity index (χ2n) is 8.26. The molecule has 0 spiro atoms. The monoisotopic (exact) mass is 465 g/mol. The average Bonchev–Trinajstić information content (AvgIpc) is 2.87. The average molecular weight is 466 g/mol. The molecule has 0 radical (unpaired) electrons. The van der Waals surface area contributed by atoms with Crippen molar-refractivity contribution in [3.63, 3.8) is 0 Å². The molecule has 0 atom stereocenters. The smallest absolute Gasteiger partial charge is 0.328 e. The number of fused-ring (bicyclic) bond motifs is 1. The number of carbonyl (C=O) groups is 2. The number of para-hydroxylation sites is 1. The molecule has 4 aromatic carbocycles. The summed E-state index contributed by atoms with van der Waals surface area (Å²) in [5.41, 5.74) is 3.53. The lowest BCUT2D eigenvalue weighted by atomic mass is 10.1. The molecule has 5 nitrogen and oxygen atoms in total. The Hall–Kier alpha value is -4.38. The highest BCUT2D eigenvalue weighted by Crippen LogP contribution is 2.25. The predicted octanol–water partition coefficient (Wildman–Crippen LogP) is 6.11. The number of hydrogen-bond acceptors (Lipinski definition) is 3. The molecule has 0 aliphatic carbocycles. The van der Waals surface area contributed by atoms with Gasteiger partial charge in [-0.2, -0.15) is 0 Å². The Labute approximate surface area is 204 Å². The van der Waals surface area contributed by atoms with Crippen molar-refractivity contribution in [3.05, 3.63) is 114 Å². The number of carbonyl (C=O) groups excluding carboxylic acids is 1. The fourth-order valence-electron chi connectivity index (χ4n) is 3.95. The number of anilines is 1. The van der Waals surface area contributed by atoms with Crippen molar-refractivity contribution in [2.45, 2.75) is 19.9 Å². The van der Waals surface area contributed by atoms with Crippen molar-refractivity contribution in [2.24, 2.45) is 0 Å². The molecule has 0 heterocycles. The minimum atomic E-state index is -1.02. The molecule has 0 saturated carbocycles. The van der Waals surface area contributed by atoms with E-state index in [-0.39, 0.29) is 5.91 Å². The van der Waals surface area contributed by atoms with Crippen molar-refractivity contribution >= 4 is 34.4 Å². The van der Waals surface area contributed by atoms with Crippen LogP contribution in [0.4, 0.5) is 5.69 Å². The Bertz CT molecular complexity index is 1360. The van der Waals surface area contributed by atoms with Crippen molar-refractivity contribution in [1.29, 1.82) is 0 Å². The van der Waals surface area contributed by atoms with Crippen LogP contribution in [-0.2, 0) is 22.6 Å². The van der Waals surface area contributed by atoms with E-state index in [0.717, 1.165) is 22.9 Å². The summed E-state index contributed by atoms with van der Waals surface area (Å²) in [7, 11) is 0. The Balaban J connectivity index is 1.53. The zero-order chi connectivity index (χ0) is 24.6. The van der Waals surface area contributed by atoms with E-state index in [1.54, 1.807) is 4.90 Å². The molecule has 0 bridgehead atoms. The number of amides is 1. The van der Waals surface area contributed by atoms with Gasteiger partial charge in [-0.1, -0.05) is 72.8 Å². The van der Waals surface area contributed by atoms with Crippen LogP contribution < -0.4 is 9.64 Å². The number of carboxylic acids is 1. The van der Waals surface area contributed by atoms with E-state index >= 15 is 0 Å². The minimum Gasteiger partial charge on any atom is -0.493 e. The summed E-state index contributed by atoms with van der Waals surface area (Å²) >= 11 is 0. The standard InChI is InChI=1S/C30H27NO4/c1-22(32)31(28-9-3-2-4-10-28)21-24-12-14-26(15-16-30(33)34)29(20-24)35-18-17-23-11-13-25-7-5-6-8-27(25)19-23/h2-16,19-20H,17-18,21H2,1H3,(H,33,34)/b16-15+. The number of benzene rings is 4. The lowest BCUT2D eigenvalue weighted by molar-refractivity contribution is -0.131. The van der Waals surface area contributed by atoms with Gasteiger partial charge < -0.3 is 14.7 Å². The fourth-order valence-corrected chi connectivity index (χ4v) is 3.95. The van der Waals surface area contributed by atoms with Gasteiger partial charge in [0.25, 0.3) is 0 Å². The highest BCUT2D eigenvalue weighted by Gasteiger charge is 2.13. The molecule has 35 heavy (non-hydrogen) atoms. The van der Waals surface area contributed by atoms with Crippen LogP contribution >= 0.6 is 0 Å². The van der Waals surface area contributed by atoms with Crippen molar-refractivity contribution in [1.82, 2.24) is 0 Å². The third-order valence-electron chi connectivity index (χ3n) is 5.73. The quantitative estimate of drug-likeness (QED) is 0.303. The van der Waals surface area contributed by atoms with Crippen LogP contribution in [0.2, 0.25) is 0 Å². The molecule has 0 fully saturated rings. The van der Waals surface area contributed by atoms with Gasteiger partial charge in [0.05, 0.1) is 13.2 Å². The van der Waals surface area contributed by atoms with Gasteiger partial charge in [0, 0.05) is 30.7 Å². The van der Waals surface area contributed by atoms with Crippen molar-refractivity contribution in [3.8, 4) is 5.75 Å². The van der Waals surface area contributed by atoms with Crippen molar-refractivity contribution < 1.29 is 19.4 Å². The SMILES string of the molecule is CC(=O)N(Cc1ccc(/C=C/C(=O)O)c(OCCc2ccc3ccccc3c2)c1)c1ccccc1. The first-order valence-corrected chi connectivity index (χ1v) is 11.5. The summed E-state index contributed by atoms with van der Waals surface area (Å²) in [6.45, 7) is 2.35. The highest BCUT2D eigenvalue weighted by molar-refractivity contribution is 5.91. The van der Waals surface area contributed by atoms with Gasteiger partial charge in [-0.3, -0.25) is 4.79 Å². The molecular weight excluding hydrogens is 438 g/mol. The molecule has 4 aromatic rings. The second-order valence-corrected chi connectivity index (χ2v) is 8.26. The van der Waals surface area contributed by atoms with Gasteiger partial charge in [0.1, 0.15) is 5.75 Å². The van der Waals surface area contributed by atoms with E-state index in [9.17, 15) is 9.59 Å². The Morgan fingerprint density at radius 2 is 1.57 bits per heavy atom. The zero-order valence-corrected chi connectivity index (χ0v) is 19.6. The predicted molar refractivity (Wildman–Crippen MR) is 140 cm³/mol. The molecule has 4 rings (SSSR count). The number of rotatable bonds is 9. The van der Waals surface area contributed by atoms with Gasteiger partial charge in [-0.05, 0) is 46.2 Å². The fraction of sp³-hybridized carbons (Fsp3) is 0.133. The van der Waals surface area contributed by atoms with Crippen LogP contribution in [0.3, 0.4) is 0 Å². The van der Waals surface area contributed by atoms with Gasteiger partial charge in [-0.15, -0.1) is 0 Å². The molecule has 1 N–H and O–H groups in total. The third kappa shape index (κ3) is 6.36. The Morgan fingerprint density at radius 3 is 2.31 bits per heavy atom. The maximum absolute atomic E-state index is 12.3. The van der Waals surface area contributed by atoms with Crippen LogP contribution in [0.1, 0.15) is 23.6 Å². The maximum atomic E-state index is 12.3. The normalized spacial score (nSPS) is 11.0. The number of carboxylic acid groups (broad SMARTS) is 1. The summed E-state index contributed by atoms with van der Waals surface area (Å²) < 4.78 is 6.13. The molecule has 0 saturated heterocycles. The molecule has 1 amide bonds. The Morgan fingerprint density at radius 1 is 0.857 bits per heavy atom. The van der Waals surface area contributed by atoms with Crippen LogP contribution in [0, 0.1) is 0 Å². The lowest BCUT2D eigenvalue weighted by Gasteiger charge is -2.22. The zero-order valence-electron chi connectivity index (χ0n) is 19.6. The van der Waals surface area contributed by atoms with Crippen LogP contribution in [0.5, 0.6) is 5.75 Å². The van der Waals surface area contributed by atoms with E-state index in [0.29, 0.717) is 30.9 Å². The maximum Gasteiger partial charge on any atom is 0.328 e. The molecule has 0 aliphatic rings. The largest absolute Gasteiger partial charge is 0.493 e. The topological polar surface area (TPSA) is 66.8 Å². The molecule has 5 heteroatoms. The number of hydrogen-bond donors (Lipinski definition) is 1. The van der Waals surface area contributed by atoms with Gasteiger partial charge in [-0.25, -0.2) is 4.79 Å². The van der Waals surface area contributed by atoms with Gasteiger partial charge in [0.15, 0.2) is 0 Å². The minimum absolute atomic E-state index is 0.0650. The number of nitrogens with zero attached hydrogens (tertiary/aromatic N) is 1. The first kappa shape index (κ1) is 23.8. The van der Waals surface area contributed by atoms with E-state index in [2.05, 4.69) is 30.3 Å². The molecule has 0 unspecified atom stereocenters. The number of ether oxygens (including phenoxy) is 1. The second kappa shape index (κ2) is 11.2. The Kier molecular flexibility index (Phi) is 7.58. The van der Waals surface area contributed by atoms with E-state index < -0.39 is 5.97 Å². The first-order valence-electron chi connectivity index (χ1n) is 11.5.